The fourth-order valence-electron chi connectivity index (χ4n) is 2.16. The zero-order valence-corrected chi connectivity index (χ0v) is 10.2. The maximum atomic E-state index is 11.8. The largest absolute Gasteiger partial charge is 0.294 e. The molecular weight excluding hydrogens is 240 g/mol. The van der Waals surface area contributed by atoms with Crippen LogP contribution in [0.3, 0.4) is 0 Å². The number of amides is 1. The Morgan fingerprint density at radius 2 is 2.12 bits per heavy atom. The molecule has 92 valence electrons. The Balaban J connectivity index is 2.32. The van der Waals surface area contributed by atoms with Gasteiger partial charge in [0.2, 0.25) is 5.91 Å². The Morgan fingerprint density at radius 1 is 1.41 bits per heavy atom. The predicted molar refractivity (Wildman–Crippen MR) is 65.7 cm³/mol. The zero-order valence-electron chi connectivity index (χ0n) is 9.41. The first kappa shape index (κ1) is 12.3. The minimum Gasteiger partial charge on any atom is -0.294 e. The van der Waals surface area contributed by atoms with Gasteiger partial charge in [-0.25, -0.2) is 11.3 Å². The first-order valence-electron chi connectivity index (χ1n) is 5.41. The molecule has 1 heterocycles. The lowest BCUT2D eigenvalue weighted by atomic mass is 9.89. The van der Waals surface area contributed by atoms with Crippen LogP contribution in [-0.2, 0) is 4.79 Å². The van der Waals surface area contributed by atoms with E-state index in [9.17, 15) is 4.79 Å². The van der Waals surface area contributed by atoms with E-state index in [4.69, 9.17) is 17.4 Å². The van der Waals surface area contributed by atoms with Gasteiger partial charge in [0.15, 0.2) is 0 Å². The number of carbonyl (C=O) groups excluding carboxylic acids is 1. The van der Waals surface area contributed by atoms with E-state index in [1.807, 2.05) is 25.1 Å². The first-order chi connectivity index (χ1) is 8.15. The Labute approximate surface area is 105 Å². The van der Waals surface area contributed by atoms with Crippen LogP contribution < -0.4 is 22.1 Å². The van der Waals surface area contributed by atoms with Crippen molar-refractivity contribution in [2.75, 3.05) is 0 Å². The van der Waals surface area contributed by atoms with Crippen molar-refractivity contribution in [2.45, 2.75) is 19.0 Å². The fourth-order valence-corrected chi connectivity index (χ4v) is 2.42. The molecule has 3 unspecified atom stereocenters. The van der Waals surface area contributed by atoms with Gasteiger partial charge in [0.05, 0.1) is 12.0 Å². The molecule has 0 radical (unpaired) electrons. The lowest BCUT2D eigenvalue weighted by Crippen LogP contribution is -2.41. The van der Waals surface area contributed by atoms with Gasteiger partial charge in [0.1, 0.15) is 0 Å². The van der Waals surface area contributed by atoms with Crippen molar-refractivity contribution in [2.24, 2.45) is 11.8 Å². The van der Waals surface area contributed by atoms with Crippen LogP contribution in [0.5, 0.6) is 0 Å². The molecule has 1 aliphatic heterocycles. The molecule has 0 saturated carbocycles. The van der Waals surface area contributed by atoms with E-state index >= 15 is 0 Å². The fraction of sp³-hybridized carbons (Fsp3) is 0.364. The van der Waals surface area contributed by atoms with Crippen molar-refractivity contribution in [3.63, 3.8) is 0 Å². The molecule has 1 saturated heterocycles. The predicted octanol–water partition coefficient (Wildman–Crippen LogP) is 0.483. The summed E-state index contributed by atoms with van der Waals surface area (Å²) in [5, 5.41) is 0.635. The maximum Gasteiger partial charge on any atom is 0.240 e. The van der Waals surface area contributed by atoms with E-state index < -0.39 is 0 Å². The van der Waals surface area contributed by atoms with Crippen molar-refractivity contribution in [1.29, 1.82) is 0 Å². The van der Waals surface area contributed by atoms with Gasteiger partial charge in [0, 0.05) is 11.1 Å². The molecule has 1 fully saturated rings. The van der Waals surface area contributed by atoms with Crippen molar-refractivity contribution in [3.05, 3.63) is 34.9 Å². The highest BCUT2D eigenvalue weighted by molar-refractivity contribution is 6.31. The molecule has 3 atom stereocenters. The zero-order chi connectivity index (χ0) is 12.4. The molecule has 1 aliphatic rings. The van der Waals surface area contributed by atoms with E-state index in [1.54, 1.807) is 6.07 Å². The summed E-state index contributed by atoms with van der Waals surface area (Å²) in [5.74, 6) is 4.70. The third kappa shape index (κ3) is 2.28. The number of halogens is 1. The number of hydrogen-bond acceptors (Lipinski definition) is 4. The summed E-state index contributed by atoms with van der Waals surface area (Å²) in [4.78, 5) is 11.8. The summed E-state index contributed by atoms with van der Waals surface area (Å²) in [7, 11) is 0. The van der Waals surface area contributed by atoms with Gasteiger partial charge >= 0.3 is 0 Å². The number of carbonyl (C=O) groups is 1. The highest BCUT2D eigenvalue weighted by Gasteiger charge is 2.39. The second kappa shape index (κ2) is 5.01. The maximum absolute atomic E-state index is 11.8. The van der Waals surface area contributed by atoms with Crippen molar-refractivity contribution in [1.82, 2.24) is 16.3 Å². The lowest BCUT2D eigenvalue weighted by Gasteiger charge is -2.20. The van der Waals surface area contributed by atoms with Gasteiger partial charge in [-0.05, 0) is 18.6 Å². The average molecular weight is 255 g/mol. The minimum atomic E-state index is -0.292. The van der Waals surface area contributed by atoms with Crippen LogP contribution in [0.15, 0.2) is 24.3 Å². The molecular formula is C11H15ClN4O. The first-order valence-corrected chi connectivity index (χ1v) is 5.79. The summed E-state index contributed by atoms with van der Waals surface area (Å²) in [6, 6.07) is 7.26. The van der Waals surface area contributed by atoms with Crippen LogP contribution in [-0.4, -0.2) is 11.9 Å². The second-order valence-electron chi connectivity index (χ2n) is 4.11. The highest BCUT2D eigenvalue weighted by Crippen LogP contribution is 2.32. The highest BCUT2D eigenvalue weighted by atomic mass is 35.5. The molecule has 1 amide bonds. The molecule has 0 aromatic heterocycles. The number of hydrazine groups is 2. The van der Waals surface area contributed by atoms with E-state index in [-0.39, 0.29) is 23.9 Å². The van der Waals surface area contributed by atoms with Crippen LogP contribution >= 0.6 is 11.6 Å². The third-order valence-electron chi connectivity index (χ3n) is 3.05. The van der Waals surface area contributed by atoms with Gasteiger partial charge in [-0.3, -0.25) is 15.6 Å². The van der Waals surface area contributed by atoms with Crippen LogP contribution in [0.2, 0.25) is 5.02 Å². The van der Waals surface area contributed by atoms with Gasteiger partial charge < -0.3 is 0 Å². The summed E-state index contributed by atoms with van der Waals surface area (Å²) < 4.78 is 0. The van der Waals surface area contributed by atoms with Gasteiger partial charge in [-0.15, -0.1) is 0 Å². The van der Waals surface area contributed by atoms with Gasteiger partial charge in [0.25, 0.3) is 0 Å². The quantitative estimate of drug-likeness (QED) is 0.352. The van der Waals surface area contributed by atoms with Crippen LogP contribution in [0, 0.1) is 5.92 Å². The molecule has 2 rings (SSSR count). The van der Waals surface area contributed by atoms with E-state index in [2.05, 4.69) is 16.3 Å². The van der Waals surface area contributed by atoms with Gasteiger partial charge in [-0.2, -0.15) is 0 Å². The Hall–Kier alpha value is -1.14. The second-order valence-corrected chi connectivity index (χ2v) is 4.52. The Kier molecular flexibility index (Phi) is 3.63. The normalized spacial score (nSPS) is 28.1. The smallest absolute Gasteiger partial charge is 0.240 e. The van der Waals surface area contributed by atoms with Crippen LogP contribution in [0.1, 0.15) is 18.5 Å². The Bertz CT molecular complexity index is 426. The molecule has 17 heavy (non-hydrogen) atoms. The average Bonchev–Trinajstić information content (AvgIpc) is 2.71. The summed E-state index contributed by atoms with van der Waals surface area (Å²) >= 11 is 6.13. The molecule has 1 aromatic carbocycles. The minimum absolute atomic E-state index is 0.0141. The van der Waals surface area contributed by atoms with E-state index in [0.29, 0.717) is 5.02 Å². The molecule has 1 aromatic rings. The standard InChI is InChI=1S/C11H15ClN4O/c1-6-9(11(17)14-13)10(16-15-6)7-4-2-3-5-8(7)12/h2-6,9-10,15-16H,13H2,1H3,(H,14,17). The third-order valence-corrected chi connectivity index (χ3v) is 3.39. The number of hydrogen-bond donors (Lipinski definition) is 4. The van der Waals surface area contributed by atoms with Crippen molar-refractivity contribution < 1.29 is 4.79 Å². The SMILES string of the molecule is CC1NNC(c2ccccc2Cl)C1C(=O)NN. The molecule has 5 nitrogen and oxygen atoms in total. The lowest BCUT2D eigenvalue weighted by molar-refractivity contribution is -0.125. The van der Waals surface area contributed by atoms with Gasteiger partial charge in [-0.1, -0.05) is 29.8 Å². The van der Waals surface area contributed by atoms with Crippen LogP contribution in [0.4, 0.5) is 0 Å². The summed E-state index contributed by atoms with van der Waals surface area (Å²) in [6.07, 6.45) is 0. The number of benzene rings is 1. The van der Waals surface area contributed by atoms with Crippen LogP contribution in [0.25, 0.3) is 0 Å². The summed E-state index contributed by atoms with van der Waals surface area (Å²) in [5.41, 5.74) is 9.20. The van der Waals surface area contributed by atoms with E-state index in [0.717, 1.165) is 5.56 Å². The molecule has 6 heteroatoms. The van der Waals surface area contributed by atoms with Crippen molar-refractivity contribution >= 4 is 17.5 Å². The summed E-state index contributed by atoms with van der Waals surface area (Å²) in [6.45, 7) is 1.92. The molecule has 0 bridgehead atoms. The number of nitrogens with two attached hydrogens (primary N) is 1. The molecule has 0 spiro atoms. The van der Waals surface area contributed by atoms with Crippen molar-refractivity contribution in [3.8, 4) is 0 Å². The van der Waals surface area contributed by atoms with E-state index in [1.165, 1.54) is 0 Å². The molecule has 5 N–H and O–H groups in total. The monoisotopic (exact) mass is 254 g/mol. The number of nitrogens with one attached hydrogen (secondary N) is 3. The Morgan fingerprint density at radius 3 is 2.76 bits per heavy atom. The topological polar surface area (TPSA) is 79.2 Å². The molecule has 0 aliphatic carbocycles. The number of rotatable bonds is 2.